The van der Waals surface area contributed by atoms with Crippen molar-refractivity contribution in [3.05, 3.63) is 40.8 Å². The maximum atomic E-state index is 11.4. The maximum absolute atomic E-state index is 11.4. The SMILES string of the molecule is O=C1NCCSC1=Cc1ccccc1. The molecule has 1 aromatic rings. The Hall–Kier alpha value is -1.22. The molecule has 1 fully saturated rings. The van der Waals surface area contributed by atoms with E-state index in [1.54, 1.807) is 11.8 Å². The predicted octanol–water partition coefficient (Wildman–Crippen LogP) is 1.89. The zero-order valence-corrected chi connectivity index (χ0v) is 8.51. The van der Waals surface area contributed by atoms with Gasteiger partial charge in [0.25, 0.3) is 5.91 Å². The molecule has 0 saturated carbocycles. The van der Waals surface area contributed by atoms with Crippen molar-refractivity contribution >= 4 is 23.7 Å². The number of amides is 1. The lowest BCUT2D eigenvalue weighted by Gasteiger charge is -2.13. The lowest BCUT2D eigenvalue weighted by atomic mass is 10.2. The first-order valence-electron chi connectivity index (χ1n) is 4.54. The molecule has 0 aliphatic carbocycles. The number of thioether (sulfide) groups is 1. The molecule has 2 nitrogen and oxygen atoms in total. The van der Waals surface area contributed by atoms with Gasteiger partial charge in [-0.05, 0) is 11.6 Å². The summed E-state index contributed by atoms with van der Waals surface area (Å²) in [4.78, 5) is 12.2. The van der Waals surface area contributed by atoms with Crippen LogP contribution in [-0.4, -0.2) is 18.2 Å². The predicted molar refractivity (Wildman–Crippen MR) is 59.9 cm³/mol. The number of nitrogens with one attached hydrogen (secondary N) is 1. The van der Waals surface area contributed by atoms with Crippen LogP contribution in [0.1, 0.15) is 5.56 Å². The van der Waals surface area contributed by atoms with Crippen LogP contribution in [-0.2, 0) is 4.79 Å². The minimum Gasteiger partial charge on any atom is -0.351 e. The molecule has 0 radical (unpaired) electrons. The lowest BCUT2D eigenvalue weighted by Crippen LogP contribution is -2.30. The highest BCUT2D eigenvalue weighted by atomic mass is 32.2. The van der Waals surface area contributed by atoms with Gasteiger partial charge in [0, 0.05) is 12.3 Å². The Balaban J connectivity index is 2.21. The molecule has 1 aliphatic rings. The standard InChI is InChI=1S/C11H11NOS/c13-11-10(14-7-6-12-11)8-9-4-2-1-3-5-9/h1-5,8H,6-7H2,(H,12,13). The second-order valence-electron chi connectivity index (χ2n) is 3.02. The monoisotopic (exact) mass is 205 g/mol. The number of carbonyl (C=O) groups is 1. The van der Waals surface area contributed by atoms with Crippen molar-refractivity contribution in [2.24, 2.45) is 0 Å². The van der Waals surface area contributed by atoms with Crippen LogP contribution < -0.4 is 5.32 Å². The zero-order chi connectivity index (χ0) is 9.80. The molecule has 0 spiro atoms. The summed E-state index contributed by atoms with van der Waals surface area (Å²) in [5, 5.41) is 2.82. The van der Waals surface area contributed by atoms with Gasteiger partial charge < -0.3 is 5.32 Å². The highest BCUT2D eigenvalue weighted by Gasteiger charge is 2.14. The van der Waals surface area contributed by atoms with Crippen LogP contribution >= 0.6 is 11.8 Å². The van der Waals surface area contributed by atoms with Crippen LogP contribution in [0.15, 0.2) is 35.2 Å². The topological polar surface area (TPSA) is 29.1 Å². The van der Waals surface area contributed by atoms with Crippen LogP contribution in [0.25, 0.3) is 6.08 Å². The molecule has 1 aliphatic heterocycles. The number of hydrogen-bond donors (Lipinski definition) is 1. The van der Waals surface area contributed by atoms with E-state index in [9.17, 15) is 4.79 Å². The van der Waals surface area contributed by atoms with Gasteiger partial charge in [0.05, 0.1) is 4.91 Å². The van der Waals surface area contributed by atoms with Gasteiger partial charge in [0.2, 0.25) is 0 Å². The first-order chi connectivity index (χ1) is 6.86. The van der Waals surface area contributed by atoms with Crippen LogP contribution in [0.4, 0.5) is 0 Å². The van der Waals surface area contributed by atoms with Crippen molar-refractivity contribution in [3.8, 4) is 0 Å². The summed E-state index contributed by atoms with van der Waals surface area (Å²) in [5.41, 5.74) is 1.08. The fraction of sp³-hybridized carbons (Fsp3) is 0.182. The lowest BCUT2D eigenvalue weighted by molar-refractivity contribution is -0.116. The molecule has 1 amide bonds. The number of benzene rings is 1. The molecule has 1 heterocycles. The van der Waals surface area contributed by atoms with Crippen molar-refractivity contribution in [2.45, 2.75) is 0 Å². The molecule has 1 N–H and O–H groups in total. The third-order valence-electron chi connectivity index (χ3n) is 1.97. The van der Waals surface area contributed by atoms with E-state index in [4.69, 9.17) is 0 Å². The summed E-state index contributed by atoms with van der Waals surface area (Å²) in [6, 6.07) is 9.90. The van der Waals surface area contributed by atoms with E-state index in [2.05, 4.69) is 5.32 Å². The van der Waals surface area contributed by atoms with Gasteiger partial charge in [0.15, 0.2) is 0 Å². The smallest absolute Gasteiger partial charge is 0.257 e. The van der Waals surface area contributed by atoms with E-state index in [0.717, 1.165) is 22.8 Å². The molecular formula is C11H11NOS. The Morgan fingerprint density at radius 2 is 2.07 bits per heavy atom. The van der Waals surface area contributed by atoms with Gasteiger partial charge in [-0.25, -0.2) is 0 Å². The zero-order valence-electron chi connectivity index (χ0n) is 7.69. The molecular weight excluding hydrogens is 194 g/mol. The summed E-state index contributed by atoms with van der Waals surface area (Å²) in [7, 11) is 0. The van der Waals surface area contributed by atoms with Crippen molar-refractivity contribution in [1.82, 2.24) is 5.32 Å². The van der Waals surface area contributed by atoms with Crippen molar-refractivity contribution in [1.29, 1.82) is 0 Å². The van der Waals surface area contributed by atoms with Gasteiger partial charge in [-0.3, -0.25) is 4.79 Å². The molecule has 0 atom stereocenters. The summed E-state index contributed by atoms with van der Waals surface area (Å²) in [6.07, 6.45) is 1.93. The molecule has 14 heavy (non-hydrogen) atoms. The van der Waals surface area contributed by atoms with Crippen molar-refractivity contribution in [2.75, 3.05) is 12.3 Å². The summed E-state index contributed by atoms with van der Waals surface area (Å²) in [6.45, 7) is 0.773. The summed E-state index contributed by atoms with van der Waals surface area (Å²) in [5.74, 6) is 1.01. The van der Waals surface area contributed by atoms with Crippen LogP contribution in [0.2, 0.25) is 0 Å². The van der Waals surface area contributed by atoms with Gasteiger partial charge in [-0.2, -0.15) is 0 Å². The van der Waals surface area contributed by atoms with E-state index >= 15 is 0 Å². The quantitative estimate of drug-likeness (QED) is 0.709. The van der Waals surface area contributed by atoms with Crippen molar-refractivity contribution < 1.29 is 4.79 Å². The molecule has 3 heteroatoms. The van der Waals surface area contributed by atoms with Crippen LogP contribution in [0, 0.1) is 0 Å². The highest BCUT2D eigenvalue weighted by molar-refractivity contribution is 8.04. The van der Waals surface area contributed by atoms with E-state index in [-0.39, 0.29) is 5.91 Å². The fourth-order valence-electron chi connectivity index (χ4n) is 1.29. The molecule has 2 rings (SSSR count). The highest BCUT2D eigenvalue weighted by Crippen LogP contribution is 2.21. The first kappa shape index (κ1) is 9.34. The van der Waals surface area contributed by atoms with Gasteiger partial charge in [-0.15, -0.1) is 11.8 Å². The largest absolute Gasteiger partial charge is 0.351 e. The Morgan fingerprint density at radius 1 is 1.29 bits per heavy atom. The second-order valence-corrected chi connectivity index (χ2v) is 4.16. The van der Waals surface area contributed by atoms with Gasteiger partial charge in [-0.1, -0.05) is 30.3 Å². The molecule has 0 aromatic heterocycles. The Labute approximate surface area is 87.4 Å². The van der Waals surface area contributed by atoms with E-state index in [1.165, 1.54) is 0 Å². The molecule has 0 unspecified atom stereocenters. The second kappa shape index (κ2) is 4.33. The molecule has 0 bridgehead atoms. The van der Waals surface area contributed by atoms with Gasteiger partial charge >= 0.3 is 0 Å². The maximum Gasteiger partial charge on any atom is 0.257 e. The number of carbonyl (C=O) groups excluding carboxylic acids is 1. The molecule has 1 aromatic carbocycles. The molecule has 1 saturated heterocycles. The van der Waals surface area contributed by atoms with E-state index in [1.807, 2.05) is 36.4 Å². The summed E-state index contributed by atoms with van der Waals surface area (Å²) >= 11 is 1.62. The average Bonchev–Trinajstić information content (AvgIpc) is 2.23. The third-order valence-corrected chi connectivity index (χ3v) is 2.99. The first-order valence-corrected chi connectivity index (χ1v) is 5.52. The van der Waals surface area contributed by atoms with Crippen molar-refractivity contribution in [3.63, 3.8) is 0 Å². The van der Waals surface area contributed by atoms with Gasteiger partial charge in [0.1, 0.15) is 0 Å². The molecule has 72 valence electrons. The number of hydrogen-bond acceptors (Lipinski definition) is 2. The Morgan fingerprint density at radius 3 is 2.79 bits per heavy atom. The Kier molecular flexibility index (Phi) is 2.89. The fourth-order valence-corrected chi connectivity index (χ4v) is 2.13. The third kappa shape index (κ3) is 2.17. The van der Waals surface area contributed by atoms with E-state index < -0.39 is 0 Å². The average molecular weight is 205 g/mol. The Bertz CT molecular complexity index is 359. The minimum absolute atomic E-state index is 0.0464. The van der Waals surface area contributed by atoms with Crippen LogP contribution in [0.5, 0.6) is 0 Å². The van der Waals surface area contributed by atoms with Crippen LogP contribution in [0.3, 0.4) is 0 Å². The number of rotatable bonds is 1. The van der Waals surface area contributed by atoms with E-state index in [0.29, 0.717) is 0 Å². The minimum atomic E-state index is 0.0464. The normalized spacial score (nSPS) is 19.4. The summed E-state index contributed by atoms with van der Waals surface area (Å²) < 4.78 is 0.